The molecule has 0 N–H and O–H groups in total. The maximum Gasteiger partial charge on any atom is 0.236 e. The Morgan fingerprint density at radius 2 is 2.26 bits per heavy atom. The zero-order valence-corrected chi connectivity index (χ0v) is 12.5. The van der Waals surface area contributed by atoms with Gasteiger partial charge in [-0.2, -0.15) is 16.7 Å². The van der Waals surface area contributed by atoms with E-state index < -0.39 is 0 Å². The van der Waals surface area contributed by atoms with Crippen LogP contribution in [0.5, 0.6) is 0 Å². The van der Waals surface area contributed by atoms with Crippen molar-refractivity contribution in [2.24, 2.45) is 5.92 Å². The van der Waals surface area contributed by atoms with Gasteiger partial charge < -0.3 is 4.52 Å². The number of rotatable bonds is 6. The van der Waals surface area contributed by atoms with Crippen LogP contribution in [0.4, 0.5) is 0 Å². The summed E-state index contributed by atoms with van der Waals surface area (Å²) < 4.78 is 5.29. The van der Waals surface area contributed by atoms with E-state index >= 15 is 0 Å². The molecule has 1 saturated carbocycles. The summed E-state index contributed by atoms with van der Waals surface area (Å²) in [6.45, 7) is 0. The molecule has 3 nitrogen and oxygen atoms in total. The molecule has 1 aliphatic rings. The number of hydrogen-bond acceptors (Lipinski definition) is 5. The maximum atomic E-state index is 5.29. The molecule has 0 unspecified atom stereocenters. The largest absolute Gasteiger partial charge is 0.338 e. The summed E-state index contributed by atoms with van der Waals surface area (Å²) >= 11 is 3.55. The predicted octanol–water partition coefficient (Wildman–Crippen LogP) is 4.61. The van der Waals surface area contributed by atoms with E-state index in [4.69, 9.17) is 4.52 Å². The van der Waals surface area contributed by atoms with Crippen LogP contribution in [0, 0.1) is 5.92 Å². The molecule has 0 saturated heterocycles. The van der Waals surface area contributed by atoms with Crippen LogP contribution in [0.2, 0.25) is 0 Å². The van der Waals surface area contributed by atoms with Crippen molar-refractivity contribution >= 4 is 23.1 Å². The van der Waals surface area contributed by atoms with Crippen LogP contribution in [-0.2, 0) is 5.75 Å². The molecule has 2 heterocycles. The van der Waals surface area contributed by atoms with E-state index in [2.05, 4.69) is 10.1 Å². The standard InChI is InChI=1S/C14H18N2OS2/c1-2-5-11(4-1)7-9-18-10-13-15-14(16-17-13)12-6-3-8-19-12/h3,6,8,11H,1-2,4-5,7,9-10H2. The van der Waals surface area contributed by atoms with E-state index in [9.17, 15) is 0 Å². The van der Waals surface area contributed by atoms with Crippen molar-refractivity contribution < 1.29 is 4.52 Å². The van der Waals surface area contributed by atoms with Crippen LogP contribution in [0.15, 0.2) is 22.0 Å². The lowest BCUT2D eigenvalue weighted by Crippen LogP contribution is -1.95. The van der Waals surface area contributed by atoms with Gasteiger partial charge in [0, 0.05) is 0 Å². The summed E-state index contributed by atoms with van der Waals surface area (Å²) in [7, 11) is 0. The van der Waals surface area contributed by atoms with E-state index in [1.807, 2.05) is 29.3 Å². The average molecular weight is 294 g/mol. The first-order valence-corrected chi connectivity index (χ1v) is 8.89. The molecule has 2 aromatic heterocycles. The quantitative estimate of drug-likeness (QED) is 0.729. The molecule has 0 amide bonds. The second-order valence-electron chi connectivity index (χ2n) is 4.98. The third-order valence-electron chi connectivity index (χ3n) is 3.58. The average Bonchev–Trinajstić information content (AvgIpc) is 3.15. The molecule has 0 atom stereocenters. The van der Waals surface area contributed by atoms with Crippen molar-refractivity contribution in [2.75, 3.05) is 5.75 Å². The molecule has 0 radical (unpaired) electrons. The van der Waals surface area contributed by atoms with Crippen molar-refractivity contribution in [3.63, 3.8) is 0 Å². The van der Waals surface area contributed by atoms with E-state index in [-0.39, 0.29) is 0 Å². The summed E-state index contributed by atoms with van der Waals surface area (Å²) in [5, 5.41) is 6.06. The smallest absolute Gasteiger partial charge is 0.236 e. The van der Waals surface area contributed by atoms with Crippen LogP contribution in [0.3, 0.4) is 0 Å². The Morgan fingerprint density at radius 1 is 1.37 bits per heavy atom. The van der Waals surface area contributed by atoms with Gasteiger partial charge in [0.25, 0.3) is 0 Å². The lowest BCUT2D eigenvalue weighted by atomic mass is 10.1. The van der Waals surface area contributed by atoms with E-state index in [0.29, 0.717) is 0 Å². The molecule has 0 aromatic carbocycles. The molecular formula is C14H18N2OS2. The van der Waals surface area contributed by atoms with Gasteiger partial charge in [0.15, 0.2) is 0 Å². The van der Waals surface area contributed by atoms with Crippen molar-refractivity contribution in [2.45, 2.75) is 37.9 Å². The van der Waals surface area contributed by atoms with E-state index in [0.717, 1.165) is 28.3 Å². The minimum absolute atomic E-state index is 0.724. The minimum atomic E-state index is 0.724. The van der Waals surface area contributed by atoms with Crippen LogP contribution < -0.4 is 0 Å². The lowest BCUT2D eigenvalue weighted by Gasteiger charge is -2.06. The fourth-order valence-corrected chi connectivity index (χ4v) is 4.11. The van der Waals surface area contributed by atoms with Crippen LogP contribution >= 0.6 is 23.1 Å². The Labute approximate surface area is 121 Å². The fraction of sp³-hybridized carbons (Fsp3) is 0.571. The topological polar surface area (TPSA) is 38.9 Å². The first-order chi connectivity index (χ1) is 9.42. The molecule has 102 valence electrons. The van der Waals surface area contributed by atoms with Gasteiger partial charge in [-0.1, -0.05) is 36.9 Å². The van der Waals surface area contributed by atoms with Gasteiger partial charge in [-0.3, -0.25) is 0 Å². The highest BCUT2D eigenvalue weighted by molar-refractivity contribution is 7.98. The number of hydrogen-bond donors (Lipinski definition) is 0. The first kappa shape index (κ1) is 13.2. The normalized spacial score (nSPS) is 16.2. The summed E-state index contributed by atoms with van der Waals surface area (Å²) in [6, 6.07) is 4.03. The van der Waals surface area contributed by atoms with Gasteiger partial charge in [0.05, 0.1) is 10.6 Å². The lowest BCUT2D eigenvalue weighted by molar-refractivity contribution is 0.391. The Bertz CT molecular complexity index is 489. The van der Waals surface area contributed by atoms with Gasteiger partial charge >= 0.3 is 0 Å². The zero-order chi connectivity index (χ0) is 12.9. The SMILES string of the molecule is c1csc(-c2noc(CSCCC3CCCC3)n2)c1. The second-order valence-corrected chi connectivity index (χ2v) is 7.03. The minimum Gasteiger partial charge on any atom is -0.338 e. The Morgan fingerprint density at radius 3 is 3.05 bits per heavy atom. The van der Waals surface area contributed by atoms with Crippen molar-refractivity contribution in [1.82, 2.24) is 10.1 Å². The predicted molar refractivity (Wildman–Crippen MR) is 80.3 cm³/mol. The molecule has 3 rings (SSSR count). The van der Waals surface area contributed by atoms with Crippen molar-refractivity contribution in [3.05, 3.63) is 23.4 Å². The zero-order valence-electron chi connectivity index (χ0n) is 10.9. The van der Waals surface area contributed by atoms with Gasteiger partial charge in [-0.25, -0.2) is 0 Å². The van der Waals surface area contributed by atoms with Gasteiger partial charge in [-0.15, -0.1) is 11.3 Å². The second kappa shape index (κ2) is 6.57. The Balaban J connectivity index is 1.43. The number of aromatic nitrogens is 2. The number of nitrogens with zero attached hydrogens (tertiary/aromatic N) is 2. The fourth-order valence-electron chi connectivity index (χ4n) is 2.53. The molecule has 0 bridgehead atoms. The molecule has 0 aliphatic heterocycles. The molecule has 2 aromatic rings. The highest BCUT2D eigenvalue weighted by Gasteiger charge is 2.14. The van der Waals surface area contributed by atoms with Gasteiger partial charge in [-0.05, 0) is 29.5 Å². The molecular weight excluding hydrogens is 276 g/mol. The highest BCUT2D eigenvalue weighted by atomic mass is 32.2. The molecule has 19 heavy (non-hydrogen) atoms. The maximum absolute atomic E-state index is 5.29. The number of thioether (sulfide) groups is 1. The summed E-state index contributed by atoms with van der Waals surface area (Å²) in [6.07, 6.45) is 7.08. The van der Waals surface area contributed by atoms with Crippen molar-refractivity contribution in [1.29, 1.82) is 0 Å². The Hall–Kier alpha value is -0.810. The molecule has 0 spiro atoms. The van der Waals surface area contributed by atoms with Crippen LogP contribution in [0.1, 0.15) is 38.0 Å². The van der Waals surface area contributed by atoms with Crippen LogP contribution in [0.25, 0.3) is 10.7 Å². The summed E-state index contributed by atoms with van der Waals surface area (Å²) in [5.74, 6) is 4.49. The summed E-state index contributed by atoms with van der Waals surface area (Å²) in [4.78, 5) is 5.51. The van der Waals surface area contributed by atoms with Crippen molar-refractivity contribution in [3.8, 4) is 10.7 Å². The third kappa shape index (κ3) is 3.60. The molecule has 5 heteroatoms. The van der Waals surface area contributed by atoms with Crippen LogP contribution in [-0.4, -0.2) is 15.9 Å². The van der Waals surface area contributed by atoms with Gasteiger partial charge in [0.2, 0.25) is 11.7 Å². The molecule has 1 aliphatic carbocycles. The monoisotopic (exact) mass is 294 g/mol. The third-order valence-corrected chi connectivity index (χ3v) is 5.42. The van der Waals surface area contributed by atoms with E-state index in [1.54, 1.807) is 11.3 Å². The Kier molecular flexibility index (Phi) is 4.56. The summed E-state index contributed by atoms with van der Waals surface area (Å²) in [5.41, 5.74) is 0. The van der Waals surface area contributed by atoms with Gasteiger partial charge in [0.1, 0.15) is 0 Å². The molecule has 1 fully saturated rings. The number of thiophene rings is 1. The highest BCUT2D eigenvalue weighted by Crippen LogP contribution is 2.29. The van der Waals surface area contributed by atoms with E-state index in [1.165, 1.54) is 37.9 Å². The first-order valence-electron chi connectivity index (χ1n) is 6.86.